The van der Waals surface area contributed by atoms with Gasteiger partial charge in [-0.15, -0.1) is 0 Å². The minimum atomic E-state index is 0.114. The summed E-state index contributed by atoms with van der Waals surface area (Å²) in [5, 5.41) is 2.96. The number of hydrogen-bond donors (Lipinski definition) is 1. The number of nitrogens with zero attached hydrogens (tertiary/aromatic N) is 4. The molecule has 1 amide bonds. The summed E-state index contributed by atoms with van der Waals surface area (Å²) < 4.78 is 0. The molecule has 2 rings (SSSR count). The Bertz CT molecular complexity index is 429. The fourth-order valence-electron chi connectivity index (χ4n) is 2.35. The summed E-state index contributed by atoms with van der Waals surface area (Å²) in [5.74, 6) is 1.13. The lowest BCUT2D eigenvalue weighted by molar-refractivity contribution is -0.122. The van der Waals surface area contributed by atoms with Crippen LogP contribution in [0.5, 0.6) is 0 Å². The highest BCUT2D eigenvalue weighted by molar-refractivity contribution is 5.78. The average molecular weight is 291 g/mol. The van der Waals surface area contributed by atoms with E-state index in [0.29, 0.717) is 13.1 Å². The Kier molecular flexibility index (Phi) is 5.95. The maximum Gasteiger partial charge on any atom is 0.234 e. The number of amides is 1. The first kappa shape index (κ1) is 15.7. The number of rotatable bonds is 6. The van der Waals surface area contributed by atoms with Gasteiger partial charge in [-0.1, -0.05) is 6.07 Å². The van der Waals surface area contributed by atoms with Crippen molar-refractivity contribution in [1.82, 2.24) is 20.1 Å². The first-order valence-electron chi connectivity index (χ1n) is 7.45. The summed E-state index contributed by atoms with van der Waals surface area (Å²) in [6.45, 7) is 5.71. The number of likely N-dealkylation sites (N-methyl/N-ethyl adjacent to an activating group) is 1. The molecule has 0 bridgehead atoms. The minimum absolute atomic E-state index is 0.114. The molecule has 116 valence electrons. The second kappa shape index (κ2) is 7.95. The van der Waals surface area contributed by atoms with Crippen molar-refractivity contribution in [2.75, 3.05) is 64.8 Å². The zero-order valence-corrected chi connectivity index (χ0v) is 13.0. The minimum Gasteiger partial charge on any atom is -0.354 e. The van der Waals surface area contributed by atoms with Crippen LogP contribution in [0.15, 0.2) is 24.4 Å². The van der Waals surface area contributed by atoms with Gasteiger partial charge in [-0.2, -0.15) is 0 Å². The van der Waals surface area contributed by atoms with E-state index in [1.165, 1.54) is 0 Å². The van der Waals surface area contributed by atoms with E-state index < -0.39 is 0 Å². The van der Waals surface area contributed by atoms with E-state index in [1.54, 1.807) is 0 Å². The summed E-state index contributed by atoms with van der Waals surface area (Å²) in [6, 6.07) is 5.97. The summed E-state index contributed by atoms with van der Waals surface area (Å²) in [7, 11) is 4.01. The van der Waals surface area contributed by atoms with E-state index in [9.17, 15) is 4.79 Å². The largest absolute Gasteiger partial charge is 0.354 e. The molecule has 1 N–H and O–H groups in total. The third kappa shape index (κ3) is 5.32. The second-order valence-corrected chi connectivity index (χ2v) is 5.60. The first-order chi connectivity index (χ1) is 10.1. The summed E-state index contributed by atoms with van der Waals surface area (Å²) >= 11 is 0. The van der Waals surface area contributed by atoms with Crippen LogP contribution < -0.4 is 10.2 Å². The Balaban J connectivity index is 1.68. The van der Waals surface area contributed by atoms with E-state index >= 15 is 0 Å². The molecule has 6 nitrogen and oxygen atoms in total. The molecule has 1 aliphatic rings. The van der Waals surface area contributed by atoms with Gasteiger partial charge < -0.3 is 15.1 Å². The molecule has 1 aliphatic heterocycles. The van der Waals surface area contributed by atoms with Gasteiger partial charge in [0.2, 0.25) is 5.91 Å². The van der Waals surface area contributed by atoms with Crippen molar-refractivity contribution in [2.24, 2.45) is 0 Å². The Labute approximate surface area is 126 Å². The lowest BCUT2D eigenvalue weighted by Gasteiger charge is -2.34. The van der Waals surface area contributed by atoms with Crippen LogP contribution in [-0.2, 0) is 4.79 Å². The highest BCUT2D eigenvalue weighted by Gasteiger charge is 2.19. The molecule has 0 unspecified atom stereocenters. The topological polar surface area (TPSA) is 51.7 Å². The van der Waals surface area contributed by atoms with Gasteiger partial charge in [-0.25, -0.2) is 4.98 Å². The van der Waals surface area contributed by atoms with Gasteiger partial charge in [0.15, 0.2) is 0 Å². The quantitative estimate of drug-likeness (QED) is 0.792. The second-order valence-electron chi connectivity index (χ2n) is 5.60. The summed E-state index contributed by atoms with van der Waals surface area (Å²) in [5.41, 5.74) is 0. The van der Waals surface area contributed by atoms with Crippen LogP contribution >= 0.6 is 0 Å². The number of aromatic nitrogens is 1. The molecule has 0 aliphatic carbocycles. The molecule has 0 atom stereocenters. The predicted octanol–water partition coefficient (Wildman–Crippen LogP) is -0.119. The van der Waals surface area contributed by atoms with Crippen molar-refractivity contribution in [3.63, 3.8) is 0 Å². The van der Waals surface area contributed by atoms with Crippen molar-refractivity contribution in [3.05, 3.63) is 24.4 Å². The molecule has 1 aromatic heterocycles. The first-order valence-corrected chi connectivity index (χ1v) is 7.45. The van der Waals surface area contributed by atoms with Gasteiger partial charge in [-0.3, -0.25) is 9.69 Å². The molecule has 1 aromatic rings. The van der Waals surface area contributed by atoms with E-state index in [4.69, 9.17) is 0 Å². The Morgan fingerprint density at radius 1 is 1.29 bits per heavy atom. The van der Waals surface area contributed by atoms with Gasteiger partial charge >= 0.3 is 0 Å². The van der Waals surface area contributed by atoms with Crippen LogP contribution in [0.25, 0.3) is 0 Å². The predicted molar refractivity (Wildman–Crippen MR) is 84.5 cm³/mol. The summed E-state index contributed by atoms with van der Waals surface area (Å²) in [6.07, 6.45) is 1.82. The van der Waals surface area contributed by atoms with E-state index in [0.717, 1.165) is 38.5 Å². The van der Waals surface area contributed by atoms with Crippen LogP contribution in [0.3, 0.4) is 0 Å². The van der Waals surface area contributed by atoms with Crippen molar-refractivity contribution in [1.29, 1.82) is 0 Å². The smallest absolute Gasteiger partial charge is 0.234 e. The molecule has 2 heterocycles. The molecule has 1 fully saturated rings. The van der Waals surface area contributed by atoms with Crippen LogP contribution in [0.2, 0.25) is 0 Å². The third-order valence-corrected chi connectivity index (χ3v) is 3.59. The number of anilines is 1. The number of piperazine rings is 1. The Hall–Kier alpha value is -1.66. The van der Waals surface area contributed by atoms with Crippen LogP contribution in [0.4, 0.5) is 5.82 Å². The van der Waals surface area contributed by atoms with Crippen molar-refractivity contribution in [2.45, 2.75) is 0 Å². The molecular weight excluding hydrogens is 266 g/mol. The Morgan fingerprint density at radius 2 is 2.05 bits per heavy atom. The van der Waals surface area contributed by atoms with Gasteiger partial charge in [0.1, 0.15) is 5.82 Å². The highest BCUT2D eigenvalue weighted by atomic mass is 16.2. The third-order valence-electron chi connectivity index (χ3n) is 3.59. The maximum atomic E-state index is 11.8. The number of nitrogens with one attached hydrogen (secondary N) is 1. The van der Waals surface area contributed by atoms with Gasteiger partial charge in [-0.05, 0) is 26.2 Å². The zero-order valence-electron chi connectivity index (χ0n) is 13.0. The highest BCUT2D eigenvalue weighted by Crippen LogP contribution is 2.11. The van der Waals surface area contributed by atoms with Gasteiger partial charge in [0.25, 0.3) is 0 Å². The lowest BCUT2D eigenvalue weighted by atomic mass is 10.3. The number of carbonyl (C=O) groups excluding carboxylic acids is 1. The Morgan fingerprint density at radius 3 is 2.67 bits per heavy atom. The molecular formula is C15H25N5O. The van der Waals surface area contributed by atoms with Crippen molar-refractivity contribution < 1.29 is 4.79 Å². The van der Waals surface area contributed by atoms with Gasteiger partial charge in [0.05, 0.1) is 6.54 Å². The van der Waals surface area contributed by atoms with Crippen LogP contribution in [-0.4, -0.2) is 80.6 Å². The van der Waals surface area contributed by atoms with Crippen LogP contribution in [0.1, 0.15) is 0 Å². The molecule has 0 radical (unpaired) electrons. The van der Waals surface area contributed by atoms with E-state index in [-0.39, 0.29) is 5.91 Å². The molecule has 6 heteroatoms. The maximum absolute atomic E-state index is 11.8. The number of pyridine rings is 1. The number of hydrogen-bond acceptors (Lipinski definition) is 5. The number of carbonyl (C=O) groups is 1. The monoisotopic (exact) mass is 291 g/mol. The normalized spacial score (nSPS) is 16.2. The molecule has 0 aromatic carbocycles. The average Bonchev–Trinajstić information content (AvgIpc) is 2.48. The van der Waals surface area contributed by atoms with Gasteiger partial charge in [0, 0.05) is 45.5 Å². The lowest BCUT2D eigenvalue weighted by Crippen LogP contribution is -2.50. The van der Waals surface area contributed by atoms with Crippen LogP contribution in [0, 0.1) is 0 Å². The molecule has 21 heavy (non-hydrogen) atoms. The van der Waals surface area contributed by atoms with Crippen molar-refractivity contribution >= 4 is 11.7 Å². The molecule has 0 saturated carbocycles. The fourth-order valence-corrected chi connectivity index (χ4v) is 2.35. The zero-order chi connectivity index (χ0) is 15.1. The van der Waals surface area contributed by atoms with E-state index in [2.05, 4.69) is 25.0 Å². The fraction of sp³-hybridized carbons (Fsp3) is 0.600. The SMILES string of the molecule is CN(C)CCNC(=O)CN1CCN(c2ccccn2)CC1. The molecule has 1 saturated heterocycles. The standard InChI is InChI=1S/C15H25N5O/c1-18(2)8-7-17-15(21)13-19-9-11-20(12-10-19)14-5-3-4-6-16-14/h3-6H,7-13H2,1-2H3,(H,17,21). The molecule has 0 spiro atoms. The summed E-state index contributed by atoms with van der Waals surface area (Å²) in [4.78, 5) is 22.7. The van der Waals surface area contributed by atoms with E-state index in [1.807, 2.05) is 38.5 Å². The van der Waals surface area contributed by atoms with Crippen molar-refractivity contribution in [3.8, 4) is 0 Å².